The van der Waals surface area contributed by atoms with Crippen LogP contribution < -0.4 is 5.32 Å². The third-order valence-corrected chi connectivity index (χ3v) is 6.17. The molecule has 2 N–H and O–H groups in total. The standard InChI is InChI=1S/C16H19FN2O3S/c1-10-13(14-6-12(17)2-3-15(14)19-10)7-16(20)18-8-11-4-5-23(21,22)9-11/h2-3,6,11,19H,4-5,7-9H2,1H3,(H,18,20). The van der Waals surface area contributed by atoms with Crippen LogP contribution in [0, 0.1) is 18.7 Å². The van der Waals surface area contributed by atoms with Crippen LogP contribution in [-0.4, -0.2) is 37.4 Å². The van der Waals surface area contributed by atoms with Crippen LogP contribution in [0.25, 0.3) is 10.9 Å². The second-order valence-electron chi connectivity index (χ2n) is 6.17. The second kappa shape index (κ2) is 5.96. The molecule has 5 nitrogen and oxygen atoms in total. The van der Waals surface area contributed by atoms with E-state index in [4.69, 9.17) is 0 Å². The van der Waals surface area contributed by atoms with Gasteiger partial charge >= 0.3 is 0 Å². The number of hydrogen-bond acceptors (Lipinski definition) is 3. The molecule has 0 bridgehead atoms. The minimum atomic E-state index is -2.93. The number of fused-ring (bicyclic) bond motifs is 1. The van der Waals surface area contributed by atoms with Crippen LogP contribution in [0.1, 0.15) is 17.7 Å². The number of sulfone groups is 1. The number of carbonyl (C=O) groups is 1. The zero-order valence-electron chi connectivity index (χ0n) is 12.9. The van der Waals surface area contributed by atoms with Crippen LogP contribution in [0.4, 0.5) is 4.39 Å². The summed E-state index contributed by atoms with van der Waals surface area (Å²) < 4.78 is 36.2. The van der Waals surface area contributed by atoms with Crippen molar-refractivity contribution < 1.29 is 17.6 Å². The lowest BCUT2D eigenvalue weighted by molar-refractivity contribution is -0.120. The third kappa shape index (κ3) is 3.55. The number of rotatable bonds is 4. The second-order valence-corrected chi connectivity index (χ2v) is 8.40. The Bertz CT molecular complexity index is 858. The SMILES string of the molecule is Cc1[nH]c2ccc(F)cc2c1CC(=O)NCC1CCS(=O)(=O)C1. The molecule has 2 heterocycles. The molecule has 2 aromatic rings. The molecule has 124 valence electrons. The largest absolute Gasteiger partial charge is 0.358 e. The highest BCUT2D eigenvalue weighted by Gasteiger charge is 2.28. The van der Waals surface area contributed by atoms with Crippen LogP contribution in [0.3, 0.4) is 0 Å². The fraction of sp³-hybridized carbons (Fsp3) is 0.438. The first-order valence-corrected chi connectivity index (χ1v) is 9.40. The van der Waals surface area contributed by atoms with Crippen molar-refractivity contribution >= 4 is 26.6 Å². The summed E-state index contributed by atoms with van der Waals surface area (Å²) in [6, 6.07) is 4.45. The maximum atomic E-state index is 13.4. The van der Waals surface area contributed by atoms with Crippen molar-refractivity contribution in [3.63, 3.8) is 0 Å². The van der Waals surface area contributed by atoms with Gasteiger partial charge in [0.1, 0.15) is 5.82 Å². The van der Waals surface area contributed by atoms with E-state index in [1.54, 1.807) is 6.07 Å². The lowest BCUT2D eigenvalue weighted by Crippen LogP contribution is -2.31. The molecule has 1 atom stereocenters. The normalized spacial score (nSPS) is 20.0. The average Bonchev–Trinajstić information content (AvgIpc) is 2.97. The molecule has 1 aromatic carbocycles. The molecule has 3 rings (SSSR count). The average molecular weight is 338 g/mol. The van der Waals surface area contributed by atoms with E-state index in [1.807, 2.05) is 6.92 Å². The third-order valence-electron chi connectivity index (χ3n) is 4.33. The van der Waals surface area contributed by atoms with Gasteiger partial charge < -0.3 is 10.3 Å². The minimum Gasteiger partial charge on any atom is -0.358 e. The molecule has 0 spiro atoms. The highest BCUT2D eigenvalue weighted by molar-refractivity contribution is 7.91. The fourth-order valence-electron chi connectivity index (χ4n) is 3.10. The molecule has 1 aliphatic heterocycles. The summed E-state index contributed by atoms with van der Waals surface area (Å²) in [4.78, 5) is 15.3. The van der Waals surface area contributed by atoms with Crippen LogP contribution in [0.2, 0.25) is 0 Å². The summed E-state index contributed by atoms with van der Waals surface area (Å²) in [6.45, 7) is 2.22. The van der Waals surface area contributed by atoms with E-state index in [0.717, 1.165) is 16.8 Å². The quantitative estimate of drug-likeness (QED) is 0.891. The summed E-state index contributed by atoms with van der Waals surface area (Å²) in [6.07, 6.45) is 0.745. The van der Waals surface area contributed by atoms with Crippen LogP contribution in [0.5, 0.6) is 0 Å². The minimum absolute atomic E-state index is 0.00883. The Hall–Kier alpha value is -1.89. The number of nitrogens with one attached hydrogen (secondary N) is 2. The Labute approximate surface area is 134 Å². The Morgan fingerprint density at radius 1 is 1.43 bits per heavy atom. The van der Waals surface area contributed by atoms with Gasteiger partial charge in [-0.1, -0.05) is 0 Å². The molecule has 0 radical (unpaired) electrons. The van der Waals surface area contributed by atoms with Gasteiger partial charge in [-0.15, -0.1) is 0 Å². The summed E-state index contributed by atoms with van der Waals surface area (Å²) in [5.74, 6) is -0.179. The van der Waals surface area contributed by atoms with Gasteiger partial charge in [-0.25, -0.2) is 12.8 Å². The Morgan fingerprint density at radius 3 is 2.91 bits per heavy atom. The number of aromatic nitrogens is 1. The maximum absolute atomic E-state index is 13.4. The molecule has 1 aromatic heterocycles. The Kier molecular flexibility index (Phi) is 4.14. The number of carbonyl (C=O) groups excluding carboxylic acids is 1. The van der Waals surface area contributed by atoms with Crippen molar-refractivity contribution in [2.75, 3.05) is 18.1 Å². The van der Waals surface area contributed by atoms with E-state index in [1.165, 1.54) is 12.1 Å². The summed E-state index contributed by atoms with van der Waals surface area (Å²) in [7, 11) is -2.93. The monoisotopic (exact) mass is 338 g/mol. The summed E-state index contributed by atoms with van der Waals surface area (Å²) in [5.41, 5.74) is 2.41. The predicted molar refractivity (Wildman–Crippen MR) is 86.5 cm³/mol. The van der Waals surface area contributed by atoms with E-state index in [9.17, 15) is 17.6 Å². The van der Waals surface area contributed by atoms with Crippen LogP contribution >= 0.6 is 0 Å². The van der Waals surface area contributed by atoms with Gasteiger partial charge in [0.25, 0.3) is 0 Å². The first-order valence-electron chi connectivity index (χ1n) is 7.58. The number of amides is 1. The van der Waals surface area contributed by atoms with E-state index >= 15 is 0 Å². The van der Waals surface area contributed by atoms with Crippen molar-refractivity contribution in [1.29, 1.82) is 0 Å². The van der Waals surface area contributed by atoms with Gasteiger partial charge in [0, 0.05) is 23.1 Å². The topological polar surface area (TPSA) is 79.0 Å². The number of hydrogen-bond donors (Lipinski definition) is 2. The highest BCUT2D eigenvalue weighted by atomic mass is 32.2. The molecule has 1 amide bonds. The van der Waals surface area contributed by atoms with Gasteiger partial charge in [0.15, 0.2) is 9.84 Å². The molecule has 0 aliphatic carbocycles. The van der Waals surface area contributed by atoms with Crippen molar-refractivity contribution in [2.45, 2.75) is 19.8 Å². The number of benzene rings is 1. The predicted octanol–water partition coefficient (Wildman–Crippen LogP) is 1.71. The first-order chi connectivity index (χ1) is 10.8. The summed E-state index contributed by atoms with van der Waals surface area (Å²) >= 11 is 0. The van der Waals surface area contributed by atoms with Crippen molar-refractivity contribution in [2.24, 2.45) is 5.92 Å². The van der Waals surface area contributed by atoms with Crippen molar-refractivity contribution in [3.8, 4) is 0 Å². The summed E-state index contributed by atoms with van der Waals surface area (Å²) in [5, 5.41) is 3.51. The Morgan fingerprint density at radius 2 is 2.22 bits per heavy atom. The van der Waals surface area contributed by atoms with Crippen LogP contribution in [0.15, 0.2) is 18.2 Å². The van der Waals surface area contributed by atoms with Crippen LogP contribution in [-0.2, 0) is 21.1 Å². The number of halogens is 1. The molecular weight excluding hydrogens is 319 g/mol. The van der Waals surface area contributed by atoms with E-state index < -0.39 is 9.84 Å². The van der Waals surface area contributed by atoms with Gasteiger partial charge in [-0.2, -0.15) is 0 Å². The van der Waals surface area contributed by atoms with Crippen molar-refractivity contribution in [1.82, 2.24) is 10.3 Å². The number of H-pyrrole nitrogens is 1. The zero-order valence-corrected chi connectivity index (χ0v) is 13.7. The smallest absolute Gasteiger partial charge is 0.224 e. The van der Waals surface area contributed by atoms with E-state index in [2.05, 4.69) is 10.3 Å². The van der Waals surface area contributed by atoms with Gasteiger partial charge in [0.2, 0.25) is 5.91 Å². The first kappa shape index (κ1) is 16.0. The molecule has 1 aliphatic rings. The Balaban J connectivity index is 1.66. The highest BCUT2D eigenvalue weighted by Crippen LogP contribution is 2.23. The van der Waals surface area contributed by atoms with Gasteiger partial charge in [-0.05, 0) is 43.0 Å². The molecule has 1 saturated heterocycles. The molecular formula is C16H19FN2O3S. The van der Waals surface area contributed by atoms with E-state index in [0.29, 0.717) is 18.4 Å². The van der Waals surface area contributed by atoms with Gasteiger partial charge in [0.05, 0.1) is 17.9 Å². The molecule has 0 saturated carbocycles. The fourth-order valence-corrected chi connectivity index (χ4v) is 4.96. The molecule has 1 fully saturated rings. The lowest BCUT2D eigenvalue weighted by atomic mass is 10.1. The molecule has 7 heteroatoms. The number of aryl methyl sites for hydroxylation is 1. The van der Waals surface area contributed by atoms with Crippen molar-refractivity contribution in [3.05, 3.63) is 35.3 Å². The lowest BCUT2D eigenvalue weighted by Gasteiger charge is -2.10. The molecule has 1 unspecified atom stereocenters. The number of aromatic amines is 1. The van der Waals surface area contributed by atoms with E-state index in [-0.39, 0.29) is 35.6 Å². The zero-order chi connectivity index (χ0) is 16.6. The maximum Gasteiger partial charge on any atom is 0.224 e. The molecule has 23 heavy (non-hydrogen) atoms. The van der Waals surface area contributed by atoms with Gasteiger partial charge in [-0.3, -0.25) is 4.79 Å².